The van der Waals surface area contributed by atoms with Gasteiger partial charge in [-0.15, -0.1) is 0 Å². The van der Waals surface area contributed by atoms with Crippen LogP contribution in [0, 0.1) is 5.92 Å². The summed E-state index contributed by atoms with van der Waals surface area (Å²) in [5.74, 6) is 0.741. The summed E-state index contributed by atoms with van der Waals surface area (Å²) in [4.78, 5) is 2.40. The first kappa shape index (κ1) is 14.4. The molecule has 0 amide bonds. The lowest BCUT2D eigenvalue weighted by molar-refractivity contribution is 0.173. The topological polar surface area (TPSA) is 23.5 Å². The van der Waals surface area contributed by atoms with E-state index in [2.05, 4.69) is 37.1 Å². The van der Waals surface area contributed by atoms with E-state index >= 15 is 0 Å². The average molecular weight is 261 g/mol. The Morgan fingerprint density at radius 2 is 1.95 bits per heavy atom. The molecule has 0 radical (unpaired) electrons. The predicted molar refractivity (Wildman–Crippen MR) is 81.5 cm³/mol. The maximum absolute atomic E-state index is 10.2. The Hall–Kier alpha value is -1.02. The van der Waals surface area contributed by atoms with Crippen LogP contribution in [-0.2, 0) is 0 Å². The maximum atomic E-state index is 10.2. The summed E-state index contributed by atoms with van der Waals surface area (Å²) in [6.07, 6.45) is 5.72. The van der Waals surface area contributed by atoms with Gasteiger partial charge in [-0.2, -0.15) is 0 Å². The quantitative estimate of drug-likeness (QED) is 0.880. The predicted octanol–water partition coefficient (Wildman–Crippen LogP) is 4.14. The molecule has 1 aliphatic rings. The second kappa shape index (κ2) is 6.42. The van der Waals surface area contributed by atoms with Crippen LogP contribution in [0.25, 0.3) is 0 Å². The number of nitrogens with zero attached hydrogens (tertiary/aromatic N) is 1. The lowest BCUT2D eigenvalue weighted by Crippen LogP contribution is -2.39. The minimum Gasteiger partial charge on any atom is -0.388 e. The van der Waals surface area contributed by atoms with E-state index in [1.54, 1.807) is 0 Å². The molecule has 2 unspecified atom stereocenters. The van der Waals surface area contributed by atoms with Crippen molar-refractivity contribution in [1.29, 1.82) is 0 Å². The van der Waals surface area contributed by atoms with Crippen molar-refractivity contribution in [3.05, 3.63) is 29.8 Å². The molecular formula is C17H27NO. The Kier molecular flexibility index (Phi) is 4.87. The van der Waals surface area contributed by atoms with Gasteiger partial charge in [-0.3, -0.25) is 0 Å². The third-order valence-corrected chi connectivity index (χ3v) is 4.63. The molecule has 106 valence electrons. The molecule has 2 heteroatoms. The van der Waals surface area contributed by atoms with Gasteiger partial charge in [0.15, 0.2) is 0 Å². The Balaban J connectivity index is 2.25. The van der Waals surface area contributed by atoms with Gasteiger partial charge in [-0.25, -0.2) is 0 Å². The van der Waals surface area contributed by atoms with Gasteiger partial charge in [0.25, 0.3) is 0 Å². The first-order chi connectivity index (χ1) is 9.15. The smallest absolute Gasteiger partial charge is 0.0807 e. The van der Waals surface area contributed by atoms with Crippen LogP contribution in [0.5, 0.6) is 0 Å². The molecule has 0 bridgehead atoms. The minimum atomic E-state index is -0.349. The van der Waals surface area contributed by atoms with Crippen LogP contribution >= 0.6 is 0 Å². The maximum Gasteiger partial charge on any atom is 0.0807 e. The van der Waals surface area contributed by atoms with E-state index < -0.39 is 0 Å². The van der Waals surface area contributed by atoms with Crippen molar-refractivity contribution in [1.82, 2.24) is 0 Å². The highest BCUT2D eigenvalue weighted by Crippen LogP contribution is 2.34. The first-order valence-electron chi connectivity index (χ1n) is 7.65. The average Bonchev–Trinajstić information content (AvgIpc) is 2.46. The van der Waals surface area contributed by atoms with Crippen LogP contribution in [0.1, 0.15) is 57.6 Å². The van der Waals surface area contributed by atoms with E-state index in [1.807, 2.05) is 13.0 Å². The molecule has 1 saturated carbocycles. The molecule has 1 fully saturated rings. The molecule has 1 aromatic carbocycles. The van der Waals surface area contributed by atoms with Crippen LogP contribution in [0.15, 0.2) is 24.3 Å². The number of benzene rings is 1. The highest BCUT2D eigenvalue weighted by molar-refractivity contribution is 5.55. The van der Waals surface area contributed by atoms with Gasteiger partial charge >= 0.3 is 0 Å². The summed E-state index contributed by atoms with van der Waals surface area (Å²) in [6, 6.07) is 8.92. The summed E-state index contributed by atoms with van der Waals surface area (Å²) >= 11 is 0. The van der Waals surface area contributed by atoms with Crippen LogP contribution in [0.3, 0.4) is 0 Å². The highest BCUT2D eigenvalue weighted by atomic mass is 16.3. The monoisotopic (exact) mass is 261 g/mol. The van der Waals surface area contributed by atoms with Crippen molar-refractivity contribution >= 4 is 5.69 Å². The lowest BCUT2D eigenvalue weighted by atomic mass is 9.84. The number of aliphatic hydroxyl groups excluding tert-OH is 1. The molecule has 0 aromatic heterocycles. The molecule has 3 atom stereocenters. The van der Waals surface area contributed by atoms with Crippen LogP contribution < -0.4 is 4.90 Å². The number of hydrogen-bond acceptors (Lipinski definition) is 2. The van der Waals surface area contributed by atoms with Crippen molar-refractivity contribution in [3.8, 4) is 0 Å². The molecule has 0 aliphatic heterocycles. The van der Waals surface area contributed by atoms with Gasteiger partial charge in [-0.05, 0) is 31.2 Å². The zero-order valence-corrected chi connectivity index (χ0v) is 12.5. The van der Waals surface area contributed by atoms with Gasteiger partial charge in [0.1, 0.15) is 0 Å². The first-order valence-corrected chi connectivity index (χ1v) is 7.65. The van der Waals surface area contributed by atoms with E-state index in [1.165, 1.54) is 31.4 Å². The number of anilines is 1. The second-order valence-electron chi connectivity index (χ2n) is 5.92. The zero-order chi connectivity index (χ0) is 13.8. The molecule has 0 heterocycles. The summed E-state index contributed by atoms with van der Waals surface area (Å²) in [5.41, 5.74) is 2.28. The van der Waals surface area contributed by atoms with Crippen LogP contribution in [0.2, 0.25) is 0 Å². The molecule has 2 nitrogen and oxygen atoms in total. The van der Waals surface area contributed by atoms with Gasteiger partial charge in [0, 0.05) is 24.3 Å². The summed E-state index contributed by atoms with van der Waals surface area (Å²) in [5, 5.41) is 10.2. The standard InChI is InChI=1S/C17H27NO/c1-4-17(19)14-10-6-8-12-16(14)18(3)15-11-7-5-9-13(15)2/h6,8,10,12-13,15,17,19H,4-5,7,9,11H2,1-3H3/t13?,15?,17-/m0/s1. The van der Waals surface area contributed by atoms with E-state index in [-0.39, 0.29) is 6.10 Å². The highest BCUT2D eigenvalue weighted by Gasteiger charge is 2.26. The molecule has 1 N–H and O–H groups in total. The lowest BCUT2D eigenvalue weighted by Gasteiger charge is -2.39. The SMILES string of the molecule is CC[C@H](O)c1ccccc1N(C)C1CCCCC1C. The van der Waals surface area contributed by atoms with Gasteiger partial charge in [0.05, 0.1) is 6.10 Å². The fourth-order valence-electron chi connectivity index (χ4n) is 3.36. The molecule has 0 saturated heterocycles. The van der Waals surface area contributed by atoms with Gasteiger partial charge in [0.2, 0.25) is 0 Å². The van der Waals surface area contributed by atoms with Crippen molar-refractivity contribution in [2.75, 3.05) is 11.9 Å². The Bertz CT molecular complexity index is 404. The summed E-state index contributed by atoms with van der Waals surface area (Å²) in [7, 11) is 2.19. The number of aliphatic hydroxyl groups is 1. The van der Waals surface area contributed by atoms with E-state index in [0.717, 1.165) is 17.9 Å². The molecule has 1 aromatic rings. The van der Waals surface area contributed by atoms with E-state index in [9.17, 15) is 5.11 Å². The van der Waals surface area contributed by atoms with Crippen molar-refractivity contribution in [2.45, 2.75) is 58.1 Å². The molecule has 1 aliphatic carbocycles. The largest absolute Gasteiger partial charge is 0.388 e. The van der Waals surface area contributed by atoms with Crippen LogP contribution in [0.4, 0.5) is 5.69 Å². The number of hydrogen-bond donors (Lipinski definition) is 1. The second-order valence-corrected chi connectivity index (χ2v) is 5.92. The number of rotatable bonds is 4. The van der Waals surface area contributed by atoms with Gasteiger partial charge in [-0.1, -0.05) is 44.9 Å². The van der Waals surface area contributed by atoms with Crippen molar-refractivity contribution in [2.24, 2.45) is 5.92 Å². The van der Waals surface area contributed by atoms with E-state index in [0.29, 0.717) is 6.04 Å². The summed E-state index contributed by atoms with van der Waals surface area (Å²) < 4.78 is 0. The third-order valence-electron chi connectivity index (χ3n) is 4.63. The van der Waals surface area contributed by atoms with Crippen molar-refractivity contribution < 1.29 is 5.11 Å². The molecule has 0 spiro atoms. The minimum absolute atomic E-state index is 0.349. The molecular weight excluding hydrogens is 234 g/mol. The third kappa shape index (κ3) is 3.11. The fourth-order valence-corrected chi connectivity index (χ4v) is 3.36. The Labute approximate surface area is 117 Å². The zero-order valence-electron chi connectivity index (χ0n) is 12.5. The normalized spacial score (nSPS) is 25.1. The Morgan fingerprint density at radius 1 is 1.26 bits per heavy atom. The number of para-hydroxylation sites is 1. The van der Waals surface area contributed by atoms with Gasteiger partial charge < -0.3 is 10.0 Å². The van der Waals surface area contributed by atoms with Crippen LogP contribution in [-0.4, -0.2) is 18.2 Å². The molecule has 2 rings (SSSR count). The molecule has 19 heavy (non-hydrogen) atoms. The van der Waals surface area contributed by atoms with E-state index in [4.69, 9.17) is 0 Å². The summed E-state index contributed by atoms with van der Waals surface area (Å²) in [6.45, 7) is 4.39. The fraction of sp³-hybridized carbons (Fsp3) is 0.647. The Morgan fingerprint density at radius 3 is 2.63 bits per heavy atom. The van der Waals surface area contributed by atoms with Crippen molar-refractivity contribution in [3.63, 3.8) is 0 Å².